The number of ether oxygens (including phenoxy) is 1. The molecule has 0 aliphatic carbocycles. The van der Waals surface area contributed by atoms with Crippen LogP contribution in [0.15, 0.2) is 48.5 Å². The van der Waals surface area contributed by atoms with Gasteiger partial charge in [0.25, 0.3) is 5.91 Å². The summed E-state index contributed by atoms with van der Waals surface area (Å²) in [6.07, 6.45) is -0.691. The number of rotatable bonds is 5. The Kier molecular flexibility index (Phi) is 5.62. The number of para-hydroxylation sites is 2. The van der Waals surface area contributed by atoms with E-state index in [2.05, 4.69) is 26.1 Å². The first-order chi connectivity index (χ1) is 11.7. The molecule has 1 N–H and O–H groups in total. The predicted molar refractivity (Wildman–Crippen MR) is 100 cm³/mol. The third-order valence-electron chi connectivity index (χ3n) is 3.93. The Morgan fingerprint density at radius 1 is 1.00 bits per heavy atom. The topological polar surface area (TPSA) is 55.4 Å². The van der Waals surface area contributed by atoms with Crippen LogP contribution in [0, 0.1) is 0 Å². The van der Waals surface area contributed by atoms with Crippen LogP contribution in [0.3, 0.4) is 0 Å². The van der Waals surface area contributed by atoms with E-state index in [0.717, 1.165) is 5.56 Å². The van der Waals surface area contributed by atoms with Crippen molar-refractivity contribution in [3.05, 3.63) is 59.7 Å². The molecule has 0 fully saturated rings. The average Bonchev–Trinajstić information content (AvgIpc) is 2.54. The zero-order chi connectivity index (χ0) is 18.6. The summed E-state index contributed by atoms with van der Waals surface area (Å²) in [6.45, 7) is 9.48. The van der Waals surface area contributed by atoms with Crippen LogP contribution in [0.4, 0.5) is 5.69 Å². The summed E-state index contributed by atoms with van der Waals surface area (Å²) in [7, 11) is 0. The number of ketones is 1. The third-order valence-corrected chi connectivity index (χ3v) is 3.93. The molecular formula is C21H25NO3. The highest BCUT2D eigenvalue weighted by atomic mass is 16.5. The number of carbonyl (C=O) groups is 2. The molecule has 0 aliphatic rings. The number of Topliss-reactive ketones (excluding diaryl/α,β-unsaturated/α-hetero) is 1. The van der Waals surface area contributed by atoms with Crippen molar-refractivity contribution in [2.24, 2.45) is 0 Å². The third kappa shape index (κ3) is 4.69. The molecule has 2 aromatic rings. The zero-order valence-corrected chi connectivity index (χ0v) is 15.4. The minimum Gasteiger partial charge on any atom is -0.481 e. The monoisotopic (exact) mass is 339 g/mol. The fraction of sp³-hybridized carbons (Fsp3) is 0.333. The fourth-order valence-electron chi connectivity index (χ4n) is 2.57. The van der Waals surface area contributed by atoms with E-state index in [1.807, 2.05) is 24.3 Å². The second kappa shape index (κ2) is 7.51. The number of carbonyl (C=O) groups excluding carboxylic acids is 2. The summed E-state index contributed by atoms with van der Waals surface area (Å²) in [6, 6.07) is 14.7. The Hall–Kier alpha value is -2.62. The molecule has 2 aromatic carbocycles. The SMILES string of the molecule is CC(=O)c1ccccc1NC(=O)C(C)Oc1ccccc1C(C)(C)C. The smallest absolute Gasteiger partial charge is 0.265 e. The second-order valence-electron chi connectivity index (χ2n) is 7.10. The Balaban J connectivity index is 2.16. The van der Waals surface area contributed by atoms with Gasteiger partial charge in [-0.05, 0) is 43.0 Å². The molecule has 0 aromatic heterocycles. The Morgan fingerprint density at radius 2 is 1.60 bits per heavy atom. The highest BCUT2D eigenvalue weighted by Gasteiger charge is 2.22. The summed E-state index contributed by atoms with van der Waals surface area (Å²) in [4.78, 5) is 24.2. The normalized spacial score (nSPS) is 12.4. The summed E-state index contributed by atoms with van der Waals surface area (Å²) in [5, 5.41) is 2.79. The van der Waals surface area contributed by atoms with E-state index in [4.69, 9.17) is 4.74 Å². The molecule has 132 valence electrons. The molecule has 0 saturated carbocycles. The minimum atomic E-state index is -0.691. The van der Waals surface area contributed by atoms with Crippen molar-refractivity contribution < 1.29 is 14.3 Å². The highest BCUT2D eigenvalue weighted by molar-refractivity contribution is 6.04. The van der Waals surface area contributed by atoms with Crippen LogP contribution in [0.1, 0.15) is 50.5 Å². The van der Waals surface area contributed by atoms with Crippen molar-refractivity contribution in [2.75, 3.05) is 5.32 Å². The molecule has 1 unspecified atom stereocenters. The van der Waals surface area contributed by atoms with Gasteiger partial charge in [-0.2, -0.15) is 0 Å². The molecule has 0 heterocycles. The van der Waals surface area contributed by atoms with Crippen LogP contribution in [-0.2, 0) is 10.2 Å². The first-order valence-corrected chi connectivity index (χ1v) is 8.37. The molecule has 2 rings (SSSR count). The number of benzene rings is 2. The van der Waals surface area contributed by atoms with E-state index < -0.39 is 6.10 Å². The maximum atomic E-state index is 12.5. The van der Waals surface area contributed by atoms with Gasteiger partial charge >= 0.3 is 0 Å². The van der Waals surface area contributed by atoms with E-state index in [9.17, 15) is 9.59 Å². The van der Waals surface area contributed by atoms with Gasteiger partial charge in [-0.3, -0.25) is 9.59 Å². The van der Waals surface area contributed by atoms with E-state index in [-0.39, 0.29) is 17.1 Å². The summed E-state index contributed by atoms with van der Waals surface area (Å²) in [5.41, 5.74) is 1.94. The number of anilines is 1. The van der Waals surface area contributed by atoms with Crippen molar-refractivity contribution in [1.82, 2.24) is 0 Å². The van der Waals surface area contributed by atoms with Crippen molar-refractivity contribution in [2.45, 2.75) is 46.1 Å². The van der Waals surface area contributed by atoms with E-state index >= 15 is 0 Å². The summed E-state index contributed by atoms with van der Waals surface area (Å²) in [5.74, 6) is 0.303. The average molecular weight is 339 g/mol. The molecule has 0 aliphatic heterocycles. The van der Waals surface area contributed by atoms with Crippen molar-refractivity contribution in [3.8, 4) is 5.75 Å². The first kappa shape index (κ1) is 18.7. The van der Waals surface area contributed by atoms with Gasteiger partial charge in [-0.15, -0.1) is 0 Å². The van der Waals surface area contributed by atoms with Crippen LogP contribution >= 0.6 is 0 Å². The Bertz CT molecular complexity index is 775. The molecule has 1 amide bonds. The Morgan fingerprint density at radius 3 is 2.24 bits per heavy atom. The van der Waals surface area contributed by atoms with Gasteiger partial charge in [0.15, 0.2) is 11.9 Å². The van der Waals surface area contributed by atoms with Gasteiger partial charge in [-0.1, -0.05) is 51.1 Å². The summed E-state index contributed by atoms with van der Waals surface area (Å²) < 4.78 is 5.91. The van der Waals surface area contributed by atoms with Gasteiger partial charge in [0, 0.05) is 5.56 Å². The fourth-order valence-corrected chi connectivity index (χ4v) is 2.57. The quantitative estimate of drug-likeness (QED) is 0.810. The standard InChI is InChI=1S/C21H25NO3/c1-14(23)16-10-6-8-12-18(16)22-20(24)15(2)25-19-13-9-7-11-17(19)21(3,4)5/h6-13,15H,1-5H3,(H,22,24). The van der Waals surface area contributed by atoms with E-state index in [1.54, 1.807) is 31.2 Å². The minimum absolute atomic E-state index is 0.0893. The molecule has 0 bridgehead atoms. The lowest BCUT2D eigenvalue weighted by Crippen LogP contribution is -2.31. The first-order valence-electron chi connectivity index (χ1n) is 8.37. The number of nitrogens with one attached hydrogen (secondary N) is 1. The van der Waals surface area contributed by atoms with Crippen molar-refractivity contribution in [3.63, 3.8) is 0 Å². The van der Waals surface area contributed by atoms with Gasteiger partial charge < -0.3 is 10.1 Å². The molecule has 4 heteroatoms. The molecule has 0 radical (unpaired) electrons. The molecule has 0 saturated heterocycles. The van der Waals surface area contributed by atoms with Crippen LogP contribution in [-0.4, -0.2) is 17.8 Å². The van der Waals surface area contributed by atoms with Crippen LogP contribution in [0.25, 0.3) is 0 Å². The van der Waals surface area contributed by atoms with Gasteiger partial charge in [-0.25, -0.2) is 0 Å². The summed E-state index contributed by atoms with van der Waals surface area (Å²) >= 11 is 0. The van der Waals surface area contributed by atoms with Gasteiger partial charge in [0.2, 0.25) is 0 Å². The molecule has 25 heavy (non-hydrogen) atoms. The number of hydrogen-bond donors (Lipinski definition) is 1. The second-order valence-corrected chi connectivity index (χ2v) is 7.10. The molecule has 0 spiro atoms. The van der Waals surface area contributed by atoms with Gasteiger partial charge in [0.1, 0.15) is 5.75 Å². The van der Waals surface area contributed by atoms with Crippen LogP contribution in [0.2, 0.25) is 0 Å². The van der Waals surface area contributed by atoms with E-state index in [1.165, 1.54) is 6.92 Å². The maximum Gasteiger partial charge on any atom is 0.265 e. The van der Waals surface area contributed by atoms with Crippen molar-refractivity contribution >= 4 is 17.4 Å². The lowest BCUT2D eigenvalue weighted by molar-refractivity contribution is -0.122. The van der Waals surface area contributed by atoms with Crippen LogP contribution in [0.5, 0.6) is 5.75 Å². The number of hydrogen-bond acceptors (Lipinski definition) is 3. The van der Waals surface area contributed by atoms with Crippen LogP contribution < -0.4 is 10.1 Å². The van der Waals surface area contributed by atoms with E-state index in [0.29, 0.717) is 17.0 Å². The van der Waals surface area contributed by atoms with Gasteiger partial charge in [0.05, 0.1) is 5.69 Å². The number of amides is 1. The molecular weight excluding hydrogens is 314 g/mol. The lowest BCUT2D eigenvalue weighted by Gasteiger charge is -2.24. The Labute approximate surface area is 149 Å². The predicted octanol–water partition coefficient (Wildman–Crippen LogP) is 4.59. The molecule has 4 nitrogen and oxygen atoms in total. The molecule has 1 atom stereocenters. The highest BCUT2D eigenvalue weighted by Crippen LogP contribution is 2.31. The van der Waals surface area contributed by atoms with Crippen molar-refractivity contribution in [1.29, 1.82) is 0 Å². The zero-order valence-electron chi connectivity index (χ0n) is 15.4. The largest absolute Gasteiger partial charge is 0.481 e. The maximum absolute atomic E-state index is 12.5. The lowest BCUT2D eigenvalue weighted by atomic mass is 9.86.